The summed E-state index contributed by atoms with van der Waals surface area (Å²) >= 11 is 6.06. The van der Waals surface area contributed by atoms with Crippen LogP contribution in [0.3, 0.4) is 0 Å². The Morgan fingerprint density at radius 3 is 2.19 bits per heavy atom. The van der Waals surface area contributed by atoms with Crippen LogP contribution in [0.4, 0.5) is 10.1 Å². The quantitative estimate of drug-likeness (QED) is 0.292. The highest BCUT2D eigenvalue weighted by atomic mass is 35.5. The molecule has 0 aliphatic rings. The summed E-state index contributed by atoms with van der Waals surface area (Å²) in [5.74, 6) is -1.07. The van der Waals surface area contributed by atoms with Crippen molar-refractivity contribution >= 4 is 39.1 Å². The highest BCUT2D eigenvalue weighted by Gasteiger charge is 2.33. The van der Waals surface area contributed by atoms with Gasteiger partial charge in [0.05, 0.1) is 24.8 Å². The number of ether oxygens (including phenoxy) is 2. The summed E-state index contributed by atoms with van der Waals surface area (Å²) in [5, 5.41) is 3.16. The summed E-state index contributed by atoms with van der Waals surface area (Å²) in [7, 11) is -1.57. The zero-order chi connectivity index (χ0) is 31.0. The van der Waals surface area contributed by atoms with Crippen molar-refractivity contribution < 1.29 is 31.9 Å². The molecule has 0 bridgehead atoms. The third-order valence-electron chi connectivity index (χ3n) is 6.49. The summed E-state index contributed by atoms with van der Waals surface area (Å²) in [6.45, 7) is 4.80. The molecule has 0 aliphatic heterocycles. The Morgan fingerprint density at radius 1 is 0.952 bits per heavy atom. The van der Waals surface area contributed by atoms with Crippen LogP contribution in [0.2, 0.25) is 5.02 Å². The number of methoxy groups -OCH3 is 2. The van der Waals surface area contributed by atoms with Crippen molar-refractivity contribution in [3.63, 3.8) is 0 Å². The Kier molecular flexibility index (Phi) is 11.2. The van der Waals surface area contributed by atoms with Gasteiger partial charge in [0, 0.05) is 29.7 Å². The maximum Gasteiger partial charge on any atom is 0.264 e. The topological polar surface area (TPSA) is 105 Å². The van der Waals surface area contributed by atoms with E-state index < -0.39 is 40.2 Å². The van der Waals surface area contributed by atoms with E-state index in [2.05, 4.69) is 5.32 Å². The lowest BCUT2D eigenvalue weighted by molar-refractivity contribution is -0.139. The molecular weight excluding hydrogens is 585 g/mol. The van der Waals surface area contributed by atoms with Crippen LogP contribution in [-0.4, -0.2) is 58.5 Å². The maximum atomic E-state index is 14.7. The molecule has 2 amide bonds. The summed E-state index contributed by atoms with van der Waals surface area (Å²) in [4.78, 5) is 28.0. The predicted octanol–water partition coefficient (Wildman–Crippen LogP) is 4.88. The van der Waals surface area contributed by atoms with Crippen LogP contribution in [0.25, 0.3) is 0 Å². The van der Waals surface area contributed by atoms with Gasteiger partial charge in [-0.05, 0) is 55.3 Å². The first-order valence-electron chi connectivity index (χ1n) is 13.2. The van der Waals surface area contributed by atoms with E-state index in [1.165, 1.54) is 86.7 Å². The summed E-state index contributed by atoms with van der Waals surface area (Å²) in [5.41, 5.74) is 0.334. The lowest BCUT2D eigenvalue weighted by Crippen LogP contribution is -2.51. The molecule has 1 atom stereocenters. The van der Waals surface area contributed by atoms with Crippen LogP contribution < -0.4 is 19.1 Å². The summed E-state index contributed by atoms with van der Waals surface area (Å²) in [6.07, 6.45) is 0. The van der Waals surface area contributed by atoms with Crippen LogP contribution in [0.5, 0.6) is 11.5 Å². The number of amides is 2. The second-order valence-electron chi connectivity index (χ2n) is 9.93. The van der Waals surface area contributed by atoms with Gasteiger partial charge in [0.25, 0.3) is 10.0 Å². The number of nitrogens with zero attached hydrogens (tertiary/aromatic N) is 2. The van der Waals surface area contributed by atoms with Gasteiger partial charge < -0.3 is 19.7 Å². The third kappa shape index (κ3) is 7.92. The maximum absolute atomic E-state index is 14.7. The fraction of sp³-hybridized carbons (Fsp3) is 0.333. The van der Waals surface area contributed by atoms with Crippen molar-refractivity contribution in [2.75, 3.05) is 31.6 Å². The van der Waals surface area contributed by atoms with E-state index in [4.69, 9.17) is 21.1 Å². The van der Waals surface area contributed by atoms with E-state index in [1.807, 2.05) is 13.8 Å². The van der Waals surface area contributed by atoms with Crippen LogP contribution in [0.1, 0.15) is 26.3 Å². The zero-order valence-electron chi connectivity index (χ0n) is 24.1. The average Bonchev–Trinajstić information content (AvgIpc) is 2.97. The smallest absolute Gasteiger partial charge is 0.264 e. The molecule has 0 heterocycles. The van der Waals surface area contributed by atoms with Gasteiger partial charge in [-0.2, -0.15) is 0 Å². The van der Waals surface area contributed by atoms with Crippen molar-refractivity contribution in [1.82, 2.24) is 10.2 Å². The van der Waals surface area contributed by atoms with E-state index in [-0.39, 0.29) is 34.4 Å². The molecule has 3 aromatic rings. The Labute approximate surface area is 251 Å². The zero-order valence-corrected chi connectivity index (χ0v) is 25.7. The number of benzene rings is 3. The van der Waals surface area contributed by atoms with Crippen molar-refractivity contribution in [2.24, 2.45) is 5.92 Å². The molecule has 0 aromatic heterocycles. The van der Waals surface area contributed by atoms with Crippen molar-refractivity contribution in [2.45, 2.75) is 38.3 Å². The first-order chi connectivity index (χ1) is 19.9. The van der Waals surface area contributed by atoms with E-state index in [0.29, 0.717) is 17.3 Å². The largest absolute Gasteiger partial charge is 0.493 e. The molecule has 0 saturated heterocycles. The van der Waals surface area contributed by atoms with Gasteiger partial charge in [0.2, 0.25) is 11.8 Å². The van der Waals surface area contributed by atoms with Crippen molar-refractivity contribution in [1.29, 1.82) is 0 Å². The minimum absolute atomic E-state index is 0.156. The van der Waals surface area contributed by atoms with Crippen LogP contribution in [0.15, 0.2) is 71.6 Å². The molecule has 0 aliphatic carbocycles. The third-order valence-corrected chi connectivity index (χ3v) is 8.51. The number of rotatable bonds is 13. The van der Waals surface area contributed by atoms with Gasteiger partial charge in [0.1, 0.15) is 18.4 Å². The average molecular weight is 620 g/mol. The highest BCUT2D eigenvalue weighted by molar-refractivity contribution is 7.92. The molecule has 226 valence electrons. The molecule has 0 unspecified atom stereocenters. The second-order valence-corrected chi connectivity index (χ2v) is 12.2. The Hall–Kier alpha value is -3.83. The predicted molar refractivity (Wildman–Crippen MR) is 160 cm³/mol. The molecule has 3 aromatic carbocycles. The van der Waals surface area contributed by atoms with Crippen LogP contribution >= 0.6 is 11.6 Å². The van der Waals surface area contributed by atoms with Gasteiger partial charge in [-0.3, -0.25) is 13.9 Å². The molecule has 42 heavy (non-hydrogen) atoms. The first kappa shape index (κ1) is 32.7. The Balaban J connectivity index is 2.06. The number of carbonyl (C=O) groups excluding carboxylic acids is 2. The lowest BCUT2D eigenvalue weighted by Gasteiger charge is -2.32. The number of carbonyl (C=O) groups is 2. The van der Waals surface area contributed by atoms with E-state index in [0.717, 1.165) is 4.31 Å². The number of sulfonamides is 1. The standard InChI is InChI=1S/C30H35ClFN3O6S/c1-20(2)17-33-30(37)21(3)34(18-22-8-6-7-9-26(22)32)29(36)19-35(24-12-10-23(31)11-13-24)42(38,39)25-14-15-27(40-4)28(16-25)41-5/h6-16,20-21H,17-19H2,1-5H3,(H,33,37)/t21-/m1/s1. The number of hydrogen-bond donors (Lipinski definition) is 1. The van der Waals surface area contributed by atoms with Crippen LogP contribution in [0, 0.1) is 11.7 Å². The van der Waals surface area contributed by atoms with Gasteiger partial charge in [-0.25, -0.2) is 12.8 Å². The monoisotopic (exact) mass is 619 g/mol. The van der Waals surface area contributed by atoms with E-state index in [9.17, 15) is 22.4 Å². The molecule has 3 rings (SSSR count). The number of nitrogens with one attached hydrogen (secondary N) is 1. The van der Waals surface area contributed by atoms with E-state index in [1.54, 1.807) is 6.07 Å². The highest BCUT2D eigenvalue weighted by Crippen LogP contribution is 2.32. The summed E-state index contributed by atoms with van der Waals surface area (Å²) in [6, 6.07) is 14.9. The molecule has 0 radical (unpaired) electrons. The van der Waals surface area contributed by atoms with Crippen LogP contribution in [-0.2, 0) is 26.2 Å². The first-order valence-corrected chi connectivity index (χ1v) is 15.0. The number of anilines is 1. The van der Waals surface area contributed by atoms with Crippen molar-refractivity contribution in [3.05, 3.63) is 83.1 Å². The normalized spacial score (nSPS) is 12.0. The second kappa shape index (κ2) is 14.4. The summed E-state index contributed by atoms with van der Waals surface area (Å²) < 4.78 is 54.1. The lowest BCUT2D eigenvalue weighted by atomic mass is 10.1. The van der Waals surface area contributed by atoms with Gasteiger partial charge >= 0.3 is 0 Å². The number of halogens is 2. The fourth-order valence-corrected chi connectivity index (χ4v) is 5.64. The molecule has 1 N–H and O–H groups in total. The molecular formula is C30H35ClFN3O6S. The molecule has 9 nitrogen and oxygen atoms in total. The molecule has 12 heteroatoms. The van der Waals surface area contributed by atoms with E-state index >= 15 is 0 Å². The molecule has 0 fully saturated rings. The Morgan fingerprint density at radius 2 is 1.60 bits per heavy atom. The SMILES string of the molecule is COc1ccc(S(=O)(=O)N(CC(=O)N(Cc2ccccc2F)[C@H](C)C(=O)NCC(C)C)c2ccc(Cl)cc2)cc1OC. The number of hydrogen-bond acceptors (Lipinski definition) is 6. The van der Waals surface area contributed by atoms with Gasteiger partial charge in [-0.15, -0.1) is 0 Å². The minimum atomic E-state index is -4.37. The van der Waals surface area contributed by atoms with Gasteiger partial charge in [0.15, 0.2) is 11.5 Å². The van der Waals surface area contributed by atoms with Crippen molar-refractivity contribution in [3.8, 4) is 11.5 Å². The van der Waals surface area contributed by atoms with Gasteiger partial charge in [-0.1, -0.05) is 43.6 Å². The Bertz CT molecular complexity index is 1500. The minimum Gasteiger partial charge on any atom is -0.493 e. The molecule has 0 spiro atoms. The fourth-order valence-electron chi connectivity index (χ4n) is 4.09. The molecule has 0 saturated carbocycles.